The quantitative estimate of drug-likeness (QED) is 0.241. The molecule has 1 amide bonds. The number of hydrogen-bond acceptors (Lipinski definition) is 3. The summed E-state index contributed by atoms with van der Waals surface area (Å²) in [6.45, 7) is 1.79. The van der Waals surface area contributed by atoms with E-state index in [0.29, 0.717) is 38.7 Å². The Bertz CT molecular complexity index is 1640. The maximum atomic E-state index is 14.1. The van der Waals surface area contributed by atoms with Crippen LogP contribution in [0.1, 0.15) is 43.5 Å². The molecule has 5 aromatic rings. The number of nitrogens with zero attached hydrogens (tertiary/aromatic N) is 1. The Morgan fingerprint density at radius 3 is 1.90 bits per heavy atom. The fourth-order valence-corrected chi connectivity index (χ4v) is 4.90. The molecule has 0 spiro atoms. The lowest BCUT2D eigenvalue weighted by atomic mass is 9.81. The van der Waals surface area contributed by atoms with Gasteiger partial charge >= 0.3 is 0 Å². The summed E-state index contributed by atoms with van der Waals surface area (Å²) in [5.74, 6) is -1.54. The van der Waals surface area contributed by atoms with Gasteiger partial charge in [-0.1, -0.05) is 90.5 Å². The van der Waals surface area contributed by atoms with Gasteiger partial charge in [0.25, 0.3) is 11.5 Å². The van der Waals surface area contributed by atoms with Gasteiger partial charge in [0.05, 0.1) is 5.69 Å². The van der Waals surface area contributed by atoms with Crippen LogP contribution in [0, 0.1) is 6.92 Å². The highest BCUT2D eigenvalue weighted by atomic mass is 35.5. The van der Waals surface area contributed by atoms with Crippen molar-refractivity contribution in [3.8, 4) is 5.69 Å². The largest absolute Gasteiger partial charge is 0.341 e. The van der Waals surface area contributed by atoms with Crippen molar-refractivity contribution in [1.82, 2.24) is 15.1 Å². The first-order chi connectivity index (χ1) is 18.9. The number of amides is 1. The van der Waals surface area contributed by atoms with Crippen molar-refractivity contribution in [2.24, 2.45) is 0 Å². The molecule has 194 valence electrons. The summed E-state index contributed by atoms with van der Waals surface area (Å²) in [5.41, 5.74) is 2.82. The molecule has 1 heterocycles. The van der Waals surface area contributed by atoms with Crippen LogP contribution >= 0.6 is 11.6 Å². The Labute approximate surface area is 230 Å². The van der Waals surface area contributed by atoms with E-state index in [4.69, 9.17) is 11.6 Å². The van der Waals surface area contributed by atoms with Crippen molar-refractivity contribution >= 4 is 23.3 Å². The molecule has 2 atom stereocenters. The lowest BCUT2D eigenvalue weighted by Crippen LogP contribution is -2.46. The SMILES string of the molecule is Cc1[nH]n(-c2ccccc2)c(=O)c1C(c1ccc(Cl)cc1)C(NC(=O)c1ccccc1)C(=O)c1ccccc1. The molecular weight excluding hydrogens is 510 g/mol. The molecule has 0 aliphatic heterocycles. The topological polar surface area (TPSA) is 84.0 Å². The van der Waals surface area contributed by atoms with Crippen molar-refractivity contribution in [2.75, 3.05) is 0 Å². The monoisotopic (exact) mass is 535 g/mol. The van der Waals surface area contributed by atoms with E-state index < -0.39 is 17.9 Å². The van der Waals surface area contributed by atoms with E-state index >= 15 is 0 Å². The number of rotatable bonds is 8. The lowest BCUT2D eigenvalue weighted by molar-refractivity contribution is 0.0848. The third kappa shape index (κ3) is 5.47. The molecular formula is C32H26ClN3O3. The van der Waals surface area contributed by atoms with E-state index in [2.05, 4.69) is 10.4 Å². The van der Waals surface area contributed by atoms with Crippen molar-refractivity contribution in [2.45, 2.75) is 18.9 Å². The Balaban J connectivity index is 1.70. The Kier molecular flexibility index (Phi) is 7.57. The number of aryl methyl sites for hydroxylation is 1. The van der Waals surface area contributed by atoms with E-state index in [-0.39, 0.29) is 11.3 Å². The van der Waals surface area contributed by atoms with Gasteiger partial charge in [-0.25, -0.2) is 4.68 Å². The average Bonchev–Trinajstić information content (AvgIpc) is 3.27. The third-order valence-electron chi connectivity index (χ3n) is 6.67. The van der Waals surface area contributed by atoms with Crippen molar-refractivity contribution in [3.63, 3.8) is 0 Å². The Morgan fingerprint density at radius 2 is 1.31 bits per heavy atom. The summed E-state index contributed by atoms with van der Waals surface area (Å²) in [7, 11) is 0. The number of aromatic amines is 1. The molecule has 7 heteroatoms. The molecule has 2 N–H and O–H groups in total. The summed E-state index contributed by atoms with van der Waals surface area (Å²) >= 11 is 6.20. The molecule has 2 unspecified atom stereocenters. The first kappa shape index (κ1) is 25.9. The predicted molar refractivity (Wildman–Crippen MR) is 153 cm³/mol. The number of Topliss-reactive ketones (excluding diaryl/α,β-unsaturated/α-hetero) is 1. The lowest BCUT2D eigenvalue weighted by Gasteiger charge is -2.27. The van der Waals surface area contributed by atoms with Crippen LogP contribution in [0.4, 0.5) is 0 Å². The van der Waals surface area contributed by atoms with Crippen molar-refractivity contribution in [3.05, 3.63) is 159 Å². The number of para-hydroxylation sites is 1. The van der Waals surface area contributed by atoms with E-state index in [1.54, 1.807) is 79.7 Å². The molecule has 0 radical (unpaired) electrons. The maximum absolute atomic E-state index is 14.1. The van der Waals surface area contributed by atoms with Gasteiger partial charge in [-0.3, -0.25) is 19.5 Å². The first-order valence-corrected chi connectivity index (χ1v) is 12.9. The number of carbonyl (C=O) groups excluding carboxylic acids is 2. The first-order valence-electron chi connectivity index (χ1n) is 12.5. The average molecular weight is 536 g/mol. The second-order valence-electron chi connectivity index (χ2n) is 9.20. The van der Waals surface area contributed by atoms with Gasteiger partial charge in [0, 0.05) is 33.3 Å². The van der Waals surface area contributed by atoms with E-state index in [1.165, 1.54) is 4.68 Å². The zero-order chi connectivity index (χ0) is 27.4. The third-order valence-corrected chi connectivity index (χ3v) is 6.92. The number of carbonyl (C=O) groups is 2. The zero-order valence-electron chi connectivity index (χ0n) is 21.2. The maximum Gasteiger partial charge on any atom is 0.275 e. The summed E-state index contributed by atoms with van der Waals surface area (Å²) in [6, 6.07) is 32.6. The molecule has 0 saturated carbocycles. The summed E-state index contributed by atoms with van der Waals surface area (Å²) in [4.78, 5) is 41.5. The molecule has 6 nitrogen and oxygen atoms in total. The molecule has 0 saturated heterocycles. The van der Waals surface area contributed by atoms with Gasteiger partial charge in [0.1, 0.15) is 6.04 Å². The van der Waals surface area contributed by atoms with Crippen LogP contribution in [0.3, 0.4) is 0 Å². The molecule has 4 aromatic carbocycles. The number of halogens is 1. The fraction of sp³-hybridized carbons (Fsp3) is 0.0938. The summed E-state index contributed by atoms with van der Waals surface area (Å²) in [6.07, 6.45) is 0. The Hall–Kier alpha value is -4.68. The number of ketones is 1. The highest BCUT2D eigenvalue weighted by Crippen LogP contribution is 2.31. The molecule has 0 aliphatic carbocycles. The van der Waals surface area contributed by atoms with Crippen LogP contribution in [0.15, 0.2) is 120 Å². The zero-order valence-corrected chi connectivity index (χ0v) is 21.9. The second-order valence-corrected chi connectivity index (χ2v) is 9.64. The van der Waals surface area contributed by atoms with Crippen LogP contribution in [0.25, 0.3) is 5.69 Å². The number of H-pyrrole nitrogens is 1. The number of nitrogens with one attached hydrogen (secondary N) is 2. The van der Waals surface area contributed by atoms with Gasteiger partial charge in [0.15, 0.2) is 5.78 Å². The van der Waals surface area contributed by atoms with Gasteiger partial charge in [-0.2, -0.15) is 0 Å². The molecule has 39 heavy (non-hydrogen) atoms. The van der Waals surface area contributed by atoms with Gasteiger partial charge in [-0.05, 0) is 48.9 Å². The molecule has 0 aliphatic rings. The minimum Gasteiger partial charge on any atom is -0.341 e. The van der Waals surface area contributed by atoms with E-state index in [1.807, 2.05) is 42.5 Å². The van der Waals surface area contributed by atoms with Gasteiger partial charge in [-0.15, -0.1) is 0 Å². The van der Waals surface area contributed by atoms with Crippen molar-refractivity contribution < 1.29 is 9.59 Å². The Morgan fingerprint density at radius 1 is 0.769 bits per heavy atom. The standard InChI is InChI=1S/C32H26ClN3O3/c1-21-27(32(39)36(35-21)26-15-9-4-10-16-26)28(22-17-19-25(33)20-18-22)29(30(37)23-11-5-2-6-12-23)34-31(38)24-13-7-3-8-14-24/h2-20,28-29,35H,1H3,(H,34,38). The molecule has 0 bridgehead atoms. The summed E-state index contributed by atoms with van der Waals surface area (Å²) < 4.78 is 1.46. The van der Waals surface area contributed by atoms with Gasteiger partial charge < -0.3 is 5.32 Å². The van der Waals surface area contributed by atoms with E-state index in [0.717, 1.165) is 0 Å². The second kappa shape index (κ2) is 11.4. The van der Waals surface area contributed by atoms with Gasteiger partial charge in [0.2, 0.25) is 0 Å². The number of aromatic nitrogens is 2. The fourth-order valence-electron chi connectivity index (χ4n) is 4.78. The molecule has 0 fully saturated rings. The smallest absolute Gasteiger partial charge is 0.275 e. The molecule has 1 aromatic heterocycles. The normalized spacial score (nSPS) is 12.5. The van der Waals surface area contributed by atoms with Crippen LogP contribution < -0.4 is 10.9 Å². The minimum absolute atomic E-state index is 0.307. The molecule has 5 rings (SSSR count). The van der Waals surface area contributed by atoms with Crippen molar-refractivity contribution in [1.29, 1.82) is 0 Å². The number of benzene rings is 4. The minimum atomic E-state index is -1.09. The van der Waals surface area contributed by atoms with Crippen LogP contribution in [-0.2, 0) is 0 Å². The predicted octanol–water partition coefficient (Wildman–Crippen LogP) is 5.94. The van der Waals surface area contributed by atoms with E-state index in [9.17, 15) is 14.4 Å². The highest BCUT2D eigenvalue weighted by Gasteiger charge is 2.37. The number of hydrogen-bond donors (Lipinski definition) is 2. The van der Waals surface area contributed by atoms with Crippen LogP contribution in [0.2, 0.25) is 5.02 Å². The van der Waals surface area contributed by atoms with Crippen LogP contribution in [-0.4, -0.2) is 27.5 Å². The highest BCUT2D eigenvalue weighted by molar-refractivity contribution is 6.30. The van der Waals surface area contributed by atoms with Crippen LogP contribution in [0.5, 0.6) is 0 Å². The summed E-state index contributed by atoms with van der Waals surface area (Å²) in [5, 5.41) is 6.64.